The second-order valence-electron chi connectivity index (χ2n) is 8.97. The third-order valence-corrected chi connectivity index (χ3v) is 8.69. The molecule has 0 saturated carbocycles. The molecule has 0 aliphatic heterocycles. The summed E-state index contributed by atoms with van der Waals surface area (Å²) >= 11 is 0. The highest BCUT2D eigenvalue weighted by molar-refractivity contribution is 7.42. The van der Waals surface area contributed by atoms with Crippen LogP contribution in [0.4, 0.5) is 4.39 Å². The zero-order valence-corrected chi connectivity index (χ0v) is 21.5. The fraction of sp³-hybridized carbons (Fsp3) is 0.333. The number of carboxylic acids is 1. The van der Waals surface area contributed by atoms with Crippen LogP contribution in [0.15, 0.2) is 60.7 Å². The number of hydrogen-bond acceptors (Lipinski definition) is 5. The van der Waals surface area contributed by atoms with Crippen LogP contribution in [0.2, 0.25) is 0 Å². The predicted octanol–water partition coefficient (Wildman–Crippen LogP) is 6.24. The Hall–Kier alpha value is -2.86. The van der Waals surface area contributed by atoms with Gasteiger partial charge in [-0.25, -0.2) is 4.39 Å². The third-order valence-electron chi connectivity index (χ3n) is 6.57. The number of rotatable bonds is 9. The normalized spacial score (nSPS) is 15.9. The van der Waals surface area contributed by atoms with Crippen LogP contribution in [-0.2, 0) is 19.5 Å². The summed E-state index contributed by atoms with van der Waals surface area (Å²) in [6.45, 7) is 6.69. The SMILES string of the molecule is CCC(C(=O)O)([PH](=O)OC)C(C)(O)c1c(-c2ccc(F)cc2)cc(-c2ccccc2)nc1C(C)C. The first-order valence-electron chi connectivity index (χ1n) is 11.4. The quantitative estimate of drug-likeness (QED) is 0.338. The second-order valence-corrected chi connectivity index (χ2v) is 10.8. The smallest absolute Gasteiger partial charge is 0.322 e. The molecule has 2 N–H and O–H groups in total. The number of aliphatic hydroxyl groups is 1. The maximum atomic E-state index is 13.8. The van der Waals surface area contributed by atoms with Crippen LogP contribution in [-0.4, -0.2) is 33.4 Å². The molecule has 0 spiro atoms. The van der Waals surface area contributed by atoms with Gasteiger partial charge in [0.2, 0.25) is 8.03 Å². The van der Waals surface area contributed by atoms with Gasteiger partial charge in [-0.15, -0.1) is 0 Å². The minimum atomic E-state index is -3.28. The fourth-order valence-corrected chi connectivity index (χ4v) is 5.96. The molecule has 3 rings (SSSR count). The Bertz CT molecular complexity index is 1230. The van der Waals surface area contributed by atoms with Gasteiger partial charge in [0.1, 0.15) is 11.4 Å². The van der Waals surface area contributed by atoms with E-state index >= 15 is 0 Å². The van der Waals surface area contributed by atoms with Crippen LogP contribution < -0.4 is 0 Å². The zero-order valence-electron chi connectivity index (χ0n) is 20.5. The topological polar surface area (TPSA) is 96.7 Å². The van der Waals surface area contributed by atoms with E-state index in [0.29, 0.717) is 22.5 Å². The molecule has 8 heteroatoms. The van der Waals surface area contributed by atoms with Gasteiger partial charge in [0, 0.05) is 18.2 Å². The van der Waals surface area contributed by atoms with Crippen LogP contribution in [0.3, 0.4) is 0 Å². The maximum Gasteiger partial charge on any atom is 0.322 e. The molecule has 35 heavy (non-hydrogen) atoms. The van der Waals surface area contributed by atoms with Gasteiger partial charge in [-0.05, 0) is 48.6 Å². The van der Waals surface area contributed by atoms with Crippen LogP contribution in [0, 0.1) is 5.82 Å². The molecule has 6 nitrogen and oxygen atoms in total. The van der Waals surface area contributed by atoms with Crippen molar-refractivity contribution >= 4 is 14.0 Å². The highest BCUT2D eigenvalue weighted by Gasteiger charge is 2.59. The van der Waals surface area contributed by atoms with E-state index in [1.54, 1.807) is 25.1 Å². The fourth-order valence-electron chi connectivity index (χ4n) is 4.63. The van der Waals surface area contributed by atoms with Gasteiger partial charge >= 0.3 is 5.97 Å². The molecule has 0 amide bonds. The van der Waals surface area contributed by atoms with Crippen molar-refractivity contribution in [3.8, 4) is 22.4 Å². The van der Waals surface area contributed by atoms with E-state index in [-0.39, 0.29) is 17.9 Å². The maximum absolute atomic E-state index is 13.8. The standard InChI is InChI=1S/C27H31FNO5P/c1-6-27(25(30)31,35(33)34-5)26(4,32)23-21(18-12-14-20(28)15-13-18)16-22(29-24(23)17(2)3)19-10-8-7-9-11-19/h7-17,32,35H,6H2,1-5H3,(H,30,31). The number of pyridine rings is 1. The van der Waals surface area contributed by atoms with E-state index in [4.69, 9.17) is 9.51 Å². The Morgan fingerprint density at radius 1 is 1.11 bits per heavy atom. The minimum Gasteiger partial charge on any atom is -0.480 e. The highest BCUT2D eigenvalue weighted by Crippen LogP contribution is 2.56. The van der Waals surface area contributed by atoms with Crippen molar-refractivity contribution in [1.82, 2.24) is 4.98 Å². The lowest BCUT2D eigenvalue weighted by molar-refractivity contribution is -0.149. The van der Waals surface area contributed by atoms with E-state index in [1.165, 1.54) is 26.2 Å². The van der Waals surface area contributed by atoms with Crippen LogP contribution in [0.25, 0.3) is 22.4 Å². The monoisotopic (exact) mass is 499 g/mol. The van der Waals surface area contributed by atoms with Gasteiger partial charge < -0.3 is 14.7 Å². The van der Waals surface area contributed by atoms with Crippen molar-refractivity contribution in [2.24, 2.45) is 0 Å². The molecular weight excluding hydrogens is 468 g/mol. The van der Waals surface area contributed by atoms with Gasteiger partial charge in [-0.3, -0.25) is 14.3 Å². The molecule has 2 aromatic carbocycles. The number of carboxylic acid groups (broad SMARTS) is 1. The Labute approximate surface area is 205 Å². The molecule has 3 aromatic rings. The third kappa shape index (κ3) is 4.68. The lowest BCUT2D eigenvalue weighted by atomic mass is 9.74. The lowest BCUT2D eigenvalue weighted by Crippen LogP contribution is -2.53. The van der Waals surface area contributed by atoms with Crippen molar-refractivity contribution in [2.45, 2.75) is 50.8 Å². The van der Waals surface area contributed by atoms with Crippen LogP contribution >= 0.6 is 8.03 Å². The predicted molar refractivity (Wildman–Crippen MR) is 135 cm³/mol. The first-order valence-corrected chi connectivity index (χ1v) is 12.7. The van der Waals surface area contributed by atoms with Gasteiger partial charge in [-0.2, -0.15) is 0 Å². The van der Waals surface area contributed by atoms with Crippen molar-refractivity contribution < 1.29 is 28.5 Å². The Morgan fingerprint density at radius 2 is 1.71 bits per heavy atom. The molecule has 1 heterocycles. The number of hydrogen-bond donors (Lipinski definition) is 2. The molecule has 0 bridgehead atoms. The summed E-state index contributed by atoms with van der Waals surface area (Å²) in [7, 11) is -2.10. The first kappa shape index (κ1) is 26.7. The average Bonchev–Trinajstić information content (AvgIpc) is 2.84. The summed E-state index contributed by atoms with van der Waals surface area (Å²) in [5, 5.41) is 20.3. The summed E-state index contributed by atoms with van der Waals surface area (Å²) in [4.78, 5) is 17.5. The summed E-state index contributed by atoms with van der Waals surface area (Å²) in [6, 6.07) is 16.9. The molecule has 3 atom stereocenters. The summed E-state index contributed by atoms with van der Waals surface area (Å²) in [5.41, 5.74) is 1.04. The van der Waals surface area contributed by atoms with E-state index in [9.17, 15) is 24.0 Å². The number of benzene rings is 2. The highest BCUT2D eigenvalue weighted by atomic mass is 31.1. The molecule has 0 radical (unpaired) electrons. The molecule has 1 aromatic heterocycles. The summed E-state index contributed by atoms with van der Waals surface area (Å²) < 4.78 is 32.0. The molecular formula is C27H31FNO5P. The van der Waals surface area contributed by atoms with Gasteiger partial charge in [0.25, 0.3) is 0 Å². The van der Waals surface area contributed by atoms with E-state index < -0.39 is 30.6 Å². The number of aliphatic carboxylic acids is 1. The number of halogens is 1. The number of carbonyl (C=O) groups is 1. The molecule has 186 valence electrons. The Morgan fingerprint density at radius 3 is 2.20 bits per heavy atom. The zero-order chi connectivity index (χ0) is 26.0. The number of aromatic nitrogens is 1. The van der Waals surface area contributed by atoms with Crippen molar-refractivity contribution in [3.63, 3.8) is 0 Å². The van der Waals surface area contributed by atoms with Gasteiger partial charge in [0.15, 0.2) is 5.16 Å². The van der Waals surface area contributed by atoms with Crippen molar-refractivity contribution in [3.05, 3.63) is 77.7 Å². The molecule has 0 aliphatic carbocycles. The lowest BCUT2D eigenvalue weighted by Gasteiger charge is -2.42. The largest absolute Gasteiger partial charge is 0.480 e. The molecule has 0 fully saturated rings. The summed E-state index contributed by atoms with van der Waals surface area (Å²) in [5.74, 6) is -2.09. The Kier molecular flexibility index (Phi) is 7.95. The molecule has 0 aliphatic rings. The molecule has 0 saturated heterocycles. The van der Waals surface area contributed by atoms with E-state index in [1.807, 2.05) is 44.2 Å². The second kappa shape index (κ2) is 10.4. The minimum absolute atomic E-state index is 0.151. The summed E-state index contributed by atoms with van der Waals surface area (Å²) in [6.07, 6.45) is -0.151. The van der Waals surface area contributed by atoms with Crippen molar-refractivity contribution in [2.75, 3.05) is 7.11 Å². The average molecular weight is 500 g/mol. The van der Waals surface area contributed by atoms with E-state index in [2.05, 4.69) is 0 Å². The van der Waals surface area contributed by atoms with Gasteiger partial charge in [-0.1, -0.05) is 63.2 Å². The first-order chi connectivity index (χ1) is 16.5. The van der Waals surface area contributed by atoms with Gasteiger partial charge in [0.05, 0.1) is 11.4 Å². The van der Waals surface area contributed by atoms with Crippen LogP contribution in [0.1, 0.15) is 51.3 Å². The van der Waals surface area contributed by atoms with Crippen molar-refractivity contribution in [1.29, 1.82) is 0 Å². The van der Waals surface area contributed by atoms with E-state index in [0.717, 1.165) is 5.56 Å². The number of nitrogens with zero attached hydrogens (tertiary/aromatic N) is 1. The van der Waals surface area contributed by atoms with Crippen LogP contribution in [0.5, 0.6) is 0 Å². The Balaban J connectivity index is 2.49. The molecule has 3 unspecified atom stereocenters.